The first-order chi connectivity index (χ1) is 16.3. The van der Waals surface area contributed by atoms with Gasteiger partial charge in [-0.15, -0.1) is 0 Å². The number of halogens is 2. The Morgan fingerprint density at radius 2 is 1.71 bits per heavy atom. The van der Waals surface area contributed by atoms with Gasteiger partial charge < -0.3 is 19.3 Å². The first kappa shape index (κ1) is 26.1. The number of nitrogens with zero attached hydrogens (tertiary/aromatic N) is 1. The highest BCUT2D eigenvalue weighted by atomic mass is 79.9. The number of carbonyl (C=O) groups excluding carboxylic acids is 2. The Morgan fingerprint density at radius 3 is 2.32 bits per heavy atom. The number of thioether (sulfide) groups is 1. The lowest BCUT2D eigenvalue weighted by atomic mass is 10.1. The summed E-state index contributed by atoms with van der Waals surface area (Å²) in [5, 5.41) is 11.2. The molecule has 0 amide bonds. The fourth-order valence-corrected chi connectivity index (χ4v) is 5.38. The second-order valence-corrected chi connectivity index (χ2v) is 9.45. The van der Waals surface area contributed by atoms with Crippen molar-refractivity contribution in [1.82, 2.24) is 0 Å². The average molecular weight is 611 g/mol. The molecule has 7 nitrogen and oxygen atoms in total. The molecule has 1 aliphatic heterocycles. The maximum absolute atomic E-state index is 12.5. The van der Waals surface area contributed by atoms with Crippen LogP contribution in [0.5, 0.6) is 5.75 Å². The number of aliphatic hydroxyl groups excluding tert-OH is 1. The molecular formula is C24H21Br2NO6S. The lowest BCUT2D eigenvalue weighted by Crippen LogP contribution is -2.15. The van der Waals surface area contributed by atoms with Crippen LogP contribution in [0.3, 0.4) is 0 Å². The summed E-state index contributed by atoms with van der Waals surface area (Å²) < 4.78 is 16.7. The fourth-order valence-electron chi connectivity index (χ4n) is 2.90. The van der Waals surface area contributed by atoms with Crippen molar-refractivity contribution < 1.29 is 28.9 Å². The first-order valence-corrected chi connectivity index (χ1v) is 12.7. The van der Waals surface area contributed by atoms with Crippen molar-refractivity contribution in [3.8, 4) is 5.75 Å². The van der Waals surface area contributed by atoms with Crippen LogP contribution < -0.4 is 4.74 Å². The van der Waals surface area contributed by atoms with Gasteiger partial charge in [-0.3, -0.25) is 0 Å². The van der Waals surface area contributed by atoms with Gasteiger partial charge in [-0.05, 0) is 81.6 Å². The van der Waals surface area contributed by atoms with E-state index in [0.717, 1.165) is 0 Å². The Morgan fingerprint density at radius 1 is 1.06 bits per heavy atom. The van der Waals surface area contributed by atoms with Crippen LogP contribution in [0.15, 0.2) is 72.6 Å². The topological polar surface area (TPSA) is 94.4 Å². The van der Waals surface area contributed by atoms with Crippen LogP contribution in [0.25, 0.3) is 6.08 Å². The molecule has 0 saturated carbocycles. The molecule has 3 rings (SSSR count). The maximum atomic E-state index is 12.5. The summed E-state index contributed by atoms with van der Waals surface area (Å²) in [5.74, 6) is -0.877. The monoisotopic (exact) mass is 609 g/mol. The van der Waals surface area contributed by atoms with Gasteiger partial charge in [0, 0.05) is 0 Å². The molecule has 0 spiro atoms. The van der Waals surface area contributed by atoms with E-state index < -0.39 is 11.9 Å². The van der Waals surface area contributed by atoms with Gasteiger partial charge in [0.15, 0.2) is 6.61 Å². The molecule has 2 aromatic carbocycles. The van der Waals surface area contributed by atoms with Crippen molar-refractivity contribution in [3.63, 3.8) is 0 Å². The highest BCUT2D eigenvalue weighted by Crippen LogP contribution is 2.42. The Hall–Kier alpha value is -2.56. The molecule has 10 heteroatoms. The van der Waals surface area contributed by atoms with Gasteiger partial charge in [0.1, 0.15) is 22.1 Å². The van der Waals surface area contributed by atoms with Gasteiger partial charge in [-0.25, -0.2) is 14.6 Å². The van der Waals surface area contributed by atoms with Crippen LogP contribution in [-0.2, 0) is 19.1 Å². The van der Waals surface area contributed by atoms with Gasteiger partial charge in [0.05, 0.1) is 32.8 Å². The summed E-state index contributed by atoms with van der Waals surface area (Å²) in [6.07, 6.45) is 1.72. The van der Waals surface area contributed by atoms with Crippen molar-refractivity contribution in [3.05, 3.63) is 73.2 Å². The molecule has 178 valence electrons. The fraction of sp³-hybridized carbons (Fsp3) is 0.208. The quantitative estimate of drug-likeness (QED) is 0.348. The van der Waals surface area contributed by atoms with E-state index in [1.165, 1.54) is 11.8 Å². The zero-order valence-corrected chi connectivity index (χ0v) is 22.3. The Kier molecular flexibility index (Phi) is 9.37. The van der Waals surface area contributed by atoms with E-state index in [9.17, 15) is 14.7 Å². The van der Waals surface area contributed by atoms with E-state index in [1.54, 1.807) is 44.2 Å². The van der Waals surface area contributed by atoms with Crippen LogP contribution >= 0.6 is 43.6 Å². The molecule has 0 saturated heterocycles. The third-order valence-corrected chi connectivity index (χ3v) is 6.51. The molecule has 0 unspecified atom stereocenters. The van der Waals surface area contributed by atoms with Gasteiger partial charge >= 0.3 is 11.9 Å². The van der Waals surface area contributed by atoms with Crippen molar-refractivity contribution in [1.29, 1.82) is 0 Å². The highest BCUT2D eigenvalue weighted by Gasteiger charge is 2.33. The van der Waals surface area contributed by atoms with E-state index in [-0.39, 0.29) is 31.2 Å². The molecule has 2 aromatic rings. The summed E-state index contributed by atoms with van der Waals surface area (Å²) in [5.41, 5.74) is 1.38. The van der Waals surface area contributed by atoms with Crippen LogP contribution in [-0.4, -0.2) is 41.9 Å². The van der Waals surface area contributed by atoms with Gasteiger partial charge in [-0.2, -0.15) is 0 Å². The van der Waals surface area contributed by atoms with Crippen molar-refractivity contribution in [2.45, 2.75) is 13.8 Å². The minimum absolute atomic E-state index is 0.0227. The predicted octanol–water partition coefficient (Wildman–Crippen LogP) is 6.35. The lowest BCUT2D eigenvalue weighted by molar-refractivity contribution is -0.145. The Labute approximate surface area is 218 Å². The second-order valence-electron chi connectivity index (χ2n) is 6.71. The predicted molar refractivity (Wildman–Crippen MR) is 139 cm³/mol. The third-order valence-electron chi connectivity index (χ3n) is 4.32. The van der Waals surface area contributed by atoms with Crippen LogP contribution in [0.2, 0.25) is 0 Å². The lowest BCUT2D eigenvalue weighted by Gasteiger charge is -2.11. The molecular weight excluding hydrogens is 590 g/mol. The molecule has 0 fully saturated rings. The first-order valence-electron chi connectivity index (χ1n) is 10.3. The number of aliphatic hydroxyl groups is 1. The molecule has 0 aromatic heterocycles. The van der Waals surface area contributed by atoms with E-state index in [0.29, 0.717) is 35.9 Å². The number of aliphatic imine (C=N–C) groups is 1. The summed E-state index contributed by atoms with van der Waals surface area (Å²) in [7, 11) is 0. The number of para-hydroxylation sites is 1. The van der Waals surface area contributed by atoms with E-state index in [1.807, 2.05) is 18.2 Å². The average Bonchev–Trinajstić information content (AvgIpc) is 3.08. The second kappa shape index (κ2) is 12.2. The molecule has 0 atom stereocenters. The summed E-state index contributed by atoms with van der Waals surface area (Å²) >= 11 is 8.07. The summed E-state index contributed by atoms with van der Waals surface area (Å²) in [4.78, 5) is 29.1. The number of esters is 2. The summed E-state index contributed by atoms with van der Waals surface area (Å²) in [6.45, 7) is 3.64. The molecule has 0 radical (unpaired) electrons. The van der Waals surface area contributed by atoms with Crippen molar-refractivity contribution in [2.75, 3.05) is 19.8 Å². The zero-order valence-electron chi connectivity index (χ0n) is 18.3. The largest absolute Gasteiger partial charge is 0.506 e. The maximum Gasteiger partial charge on any atom is 0.344 e. The SMILES string of the molecule is CCOC(=O)COc1c(Br)cc(/C=C2\SC(=Nc3ccccc3)C(C(=O)OCC)=C2O)cc1Br. The Bertz CT molecular complexity index is 1150. The Balaban J connectivity index is 1.93. The third kappa shape index (κ3) is 6.52. The molecule has 34 heavy (non-hydrogen) atoms. The van der Waals surface area contributed by atoms with Crippen LogP contribution in [0.4, 0.5) is 5.69 Å². The minimum Gasteiger partial charge on any atom is -0.506 e. The van der Waals surface area contributed by atoms with Gasteiger partial charge in [-0.1, -0.05) is 30.0 Å². The number of rotatable bonds is 8. The van der Waals surface area contributed by atoms with Gasteiger partial charge in [0.2, 0.25) is 0 Å². The zero-order chi connectivity index (χ0) is 24.7. The normalized spacial score (nSPS) is 15.6. The number of hydrogen-bond donors (Lipinski definition) is 1. The van der Waals surface area contributed by atoms with Gasteiger partial charge in [0.25, 0.3) is 0 Å². The van der Waals surface area contributed by atoms with Crippen LogP contribution in [0.1, 0.15) is 19.4 Å². The number of ether oxygens (including phenoxy) is 3. The molecule has 1 heterocycles. The highest BCUT2D eigenvalue weighted by molar-refractivity contribution is 9.11. The summed E-state index contributed by atoms with van der Waals surface area (Å²) in [6, 6.07) is 12.7. The number of benzene rings is 2. The molecule has 0 bridgehead atoms. The van der Waals surface area contributed by atoms with Crippen LogP contribution in [0, 0.1) is 0 Å². The van der Waals surface area contributed by atoms with Crippen molar-refractivity contribution >= 4 is 72.4 Å². The van der Waals surface area contributed by atoms with Crippen molar-refractivity contribution in [2.24, 2.45) is 4.99 Å². The van der Waals surface area contributed by atoms with E-state index >= 15 is 0 Å². The molecule has 1 N–H and O–H groups in total. The van der Waals surface area contributed by atoms with E-state index in [4.69, 9.17) is 14.2 Å². The number of hydrogen-bond acceptors (Lipinski definition) is 8. The standard InChI is InChI=1S/C24H21Br2NO6S/c1-3-31-19(28)13-33-22-16(25)10-14(11-17(22)26)12-18-21(29)20(24(30)32-4-2)23(34-18)27-15-8-6-5-7-9-15/h5-12,29H,3-4,13H2,1-2H3/b18-12-,27-23?. The molecule has 1 aliphatic rings. The smallest absolute Gasteiger partial charge is 0.344 e. The molecule has 0 aliphatic carbocycles. The number of carbonyl (C=O) groups is 2. The minimum atomic E-state index is -0.643. The van der Waals surface area contributed by atoms with E-state index in [2.05, 4.69) is 36.9 Å².